The zero-order chi connectivity index (χ0) is 25.1. The number of imide groups is 1. The Hall–Kier alpha value is -4.17. The van der Waals surface area contributed by atoms with Crippen LogP contribution in [0.25, 0.3) is 22.0 Å². The largest absolute Gasteiger partial charge is 0.457 e. The van der Waals surface area contributed by atoms with Gasteiger partial charge in [-0.3, -0.25) is 19.2 Å². The van der Waals surface area contributed by atoms with Gasteiger partial charge in [-0.25, -0.2) is 4.90 Å². The molecular weight excluding hydrogens is 476 g/mol. The van der Waals surface area contributed by atoms with Gasteiger partial charge in [-0.15, -0.1) is 11.8 Å². The van der Waals surface area contributed by atoms with Crippen molar-refractivity contribution in [2.45, 2.75) is 11.7 Å². The molecule has 2 heterocycles. The number of Topliss-reactive ketones (excluding diaryl/α,β-unsaturated/α-hetero) is 1. The number of carbonyl (C=O) groups is 4. The molecule has 0 spiro atoms. The average Bonchev–Trinajstić information content (AvgIpc) is 3.49. The second-order valence-corrected chi connectivity index (χ2v) is 9.54. The first-order chi connectivity index (χ1) is 17.5. The van der Waals surface area contributed by atoms with Crippen LogP contribution in [0.15, 0.2) is 85.1 Å². The van der Waals surface area contributed by atoms with Crippen molar-refractivity contribution in [3.63, 3.8) is 0 Å². The fourth-order valence-electron chi connectivity index (χ4n) is 4.10. The van der Waals surface area contributed by atoms with Crippen LogP contribution in [0.2, 0.25) is 0 Å². The Balaban J connectivity index is 1.12. The van der Waals surface area contributed by atoms with Gasteiger partial charge in [-0.1, -0.05) is 60.7 Å². The van der Waals surface area contributed by atoms with Crippen molar-refractivity contribution >= 4 is 51.9 Å². The number of ether oxygens (including phenoxy) is 1. The van der Waals surface area contributed by atoms with E-state index in [1.54, 1.807) is 30.5 Å². The van der Waals surface area contributed by atoms with Crippen molar-refractivity contribution in [2.24, 2.45) is 0 Å². The molecule has 2 amide bonds. The number of carbonyl (C=O) groups excluding carboxylic acids is 4. The summed E-state index contributed by atoms with van der Waals surface area (Å²) in [5.41, 5.74) is 3.80. The number of thioether (sulfide) groups is 1. The van der Waals surface area contributed by atoms with E-state index in [2.05, 4.69) is 4.98 Å². The molecule has 4 aromatic rings. The van der Waals surface area contributed by atoms with Crippen LogP contribution in [-0.4, -0.2) is 46.2 Å². The van der Waals surface area contributed by atoms with Gasteiger partial charge in [0.05, 0.1) is 16.7 Å². The standard InChI is InChI=1S/C28H22N2O5S/c31-24(21-8-6-19(7-9-21)18-4-2-1-3-5-18)16-35-27(33)17-36-25-15-26(32)30(28(25)34)22-11-10-20-12-13-29-23(20)14-22/h1-14,25,29H,15-17H2. The van der Waals surface area contributed by atoms with Crippen molar-refractivity contribution in [1.29, 1.82) is 0 Å². The minimum absolute atomic E-state index is 0.00619. The number of fused-ring (bicyclic) bond motifs is 1. The molecule has 8 heteroatoms. The van der Waals surface area contributed by atoms with Crippen LogP contribution in [0.4, 0.5) is 5.69 Å². The Bertz CT molecular complexity index is 1450. The van der Waals surface area contributed by atoms with Crippen molar-refractivity contribution in [3.8, 4) is 11.1 Å². The van der Waals surface area contributed by atoms with E-state index in [9.17, 15) is 19.2 Å². The molecule has 1 fully saturated rings. The number of benzene rings is 3. The first kappa shape index (κ1) is 23.6. The maximum atomic E-state index is 12.9. The minimum Gasteiger partial charge on any atom is -0.457 e. The Morgan fingerprint density at radius 3 is 2.47 bits per heavy atom. The Labute approximate surface area is 211 Å². The van der Waals surface area contributed by atoms with E-state index in [0.29, 0.717) is 11.3 Å². The third-order valence-corrected chi connectivity index (χ3v) is 7.16. The highest BCUT2D eigenvalue weighted by Gasteiger charge is 2.40. The van der Waals surface area contributed by atoms with Gasteiger partial charge < -0.3 is 9.72 Å². The molecule has 1 aromatic heterocycles. The lowest BCUT2D eigenvalue weighted by molar-refractivity contribution is -0.139. The lowest BCUT2D eigenvalue weighted by Gasteiger charge is -2.15. The number of amides is 2. The smallest absolute Gasteiger partial charge is 0.316 e. The number of anilines is 1. The van der Waals surface area contributed by atoms with Crippen LogP contribution in [0.3, 0.4) is 0 Å². The lowest BCUT2D eigenvalue weighted by atomic mass is 10.0. The molecule has 1 N–H and O–H groups in total. The SMILES string of the molecule is O=C(CSC1CC(=O)N(c2ccc3cc[nH]c3c2)C1=O)OCC(=O)c1ccc(-c2ccccc2)cc1. The summed E-state index contributed by atoms with van der Waals surface area (Å²) in [6.45, 7) is -0.385. The first-order valence-corrected chi connectivity index (χ1v) is 12.4. The normalized spacial score (nSPS) is 15.4. The van der Waals surface area contributed by atoms with Gasteiger partial charge in [0, 0.05) is 23.7 Å². The number of rotatable bonds is 8. The van der Waals surface area contributed by atoms with Gasteiger partial charge in [-0.2, -0.15) is 0 Å². The number of nitrogens with one attached hydrogen (secondary N) is 1. The first-order valence-electron chi connectivity index (χ1n) is 11.4. The molecule has 1 saturated heterocycles. The van der Waals surface area contributed by atoms with Crippen LogP contribution in [-0.2, 0) is 19.1 Å². The summed E-state index contributed by atoms with van der Waals surface area (Å²) < 4.78 is 5.12. The van der Waals surface area contributed by atoms with Gasteiger partial charge in [0.1, 0.15) is 0 Å². The van der Waals surface area contributed by atoms with E-state index in [1.807, 2.05) is 54.6 Å². The number of ketones is 1. The number of esters is 1. The molecule has 1 aliphatic rings. The Morgan fingerprint density at radius 2 is 1.69 bits per heavy atom. The minimum atomic E-state index is -0.675. The number of aromatic nitrogens is 1. The summed E-state index contributed by atoms with van der Waals surface area (Å²) in [5.74, 6) is -1.73. The highest BCUT2D eigenvalue weighted by molar-refractivity contribution is 8.01. The maximum Gasteiger partial charge on any atom is 0.316 e. The topological polar surface area (TPSA) is 96.5 Å². The van der Waals surface area contributed by atoms with Gasteiger partial charge in [-0.05, 0) is 34.7 Å². The molecular formula is C28H22N2O5S. The second-order valence-electron chi connectivity index (χ2n) is 8.35. The molecule has 1 unspecified atom stereocenters. The van der Waals surface area contributed by atoms with E-state index in [4.69, 9.17) is 4.74 Å². The van der Waals surface area contributed by atoms with Crippen molar-refractivity contribution < 1.29 is 23.9 Å². The summed E-state index contributed by atoms with van der Waals surface area (Å²) >= 11 is 1.05. The molecule has 0 aliphatic carbocycles. The molecule has 5 rings (SSSR count). The van der Waals surface area contributed by atoms with Crippen LogP contribution in [0, 0.1) is 0 Å². The number of hydrogen-bond acceptors (Lipinski definition) is 6. The molecule has 7 nitrogen and oxygen atoms in total. The molecule has 36 heavy (non-hydrogen) atoms. The fraction of sp³-hybridized carbons (Fsp3) is 0.143. The van der Waals surface area contributed by atoms with E-state index in [0.717, 1.165) is 38.7 Å². The Morgan fingerprint density at radius 1 is 0.944 bits per heavy atom. The van der Waals surface area contributed by atoms with Crippen molar-refractivity contribution in [1.82, 2.24) is 4.98 Å². The summed E-state index contributed by atoms with van der Waals surface area (Å²) in [6.07, 6.45) is 1.79. The van der Waals surface area contributed by atoms with E-state index < -0.39 is 11.2 Å². The Kier molecular flexibility index (Phi) is 6.69. The summed E-state index contributed by atoms with van der Waals surface area (Å²) in [4.78, 5) is 54.3. The van der Waals surface area contributed by atoms with E-state index in [-0.39, 0.29) is 36.4 Å². The highest BCUT2D eigenvalue weighted by atomic mass is 32.2. The third-order valence-electron chi connectivity index (χ3n) is 5.98. The molecule has 0 radical (unpaired) electrons. The quantitative estimate of drug-likeness (QED) is 0.216. The van der Waals surface area contributed by atoms with Gasteiger partial charge in [0.2, 0.25) is 11.8 Å². The molecule has 0 saturated carbocycles. The van der Waals surface area contributed by atoms with Gasteiger partial charge in [0.25, 0.3) is 0 Å². The molecule has 1 atom stereocenters. The number of H-pyrrole nitrogens is 1. The number of nitrogens with zero attached hydrogens (tertiary/aromatic N) is 1. The molecule has 1 aliphatic heterocycles. The fourth-order valence-corrected chi connectivity index (χ4v) is 5.03. The molecule has 3 aromatic carbocycles. The highest BCUT2D eigenvalue weighted by Crippen LogP contribution is 2.31. The van der Waals surface area contributed by atoms with Crippen molar-refractivity contribution in [3.05, 3.63) is 90.6 Å². The summed E-state index contributed by atoms with van der Waals surface area (Å²) in [6, 6.07) is 24.1. The molecule has 180 valence electrons. The zero-order valence-electron chi connectivity index (χ0n) is 19.2. The van der Waals surface area contributed by atoms with Crippen LogP contribution >= 0.6 is 11.8 Å². The zero-order valence-corrected chi connectivity index (χ0v) is 20.0. The monoisotopic (exact) mass is 498 g/mol. The van der Waals surface area contributed by atoms with Crippen molar-refractivity contribution in [2.75, 3.05) is 17.3 Å². The predicted octanol–water partition coefficient (Wildman–Crippen LogP) is 4.63. The summed E-state index contributed by atoms with van der Waals surface area (Å²) in [7, 11) is 0. The predicted molar refractivity (Wildman–Crippen MR) is 139 cm³/mol. The molecule has 0 bridgehead atoms. The number of hydrogen-bond donors (Lipinski definition) is 1. The van der Waals surface area contributed by atoms with Crippen LogP contribution in [0.5, 0.6) is 0 Å². The second kappa shape index (κ2) is 10.2. The van der Waals surface area contributed by atoms with Gasteiger partial charge in [0.15, 0.2) is 12.4 Å². The van der Waals surface area contributed by atoms with Crippen LogP contribution in [0.1, 0.15) is 16.8 Å². The lowest BCUT2D eigenvalue weighted by Crippen LogP contribution is -2.31. The third kappa shape index (κ3) is 4.94. The summed E-state index contributed by atoms with van der Waals surface area (Å²) in [5, 5.41) is 0.304. The maximum absolute atomic E-state index is 12.9. The van der Waals surface area contributed by atoms with E-state index >= 15 is 0 Å². The number of aromatic amines is 1. The average molecular weight is 499 g/mol. The van der Waals surface area contributed by atoms with Crippen LogP contribution < -0.4 is 4.90 Å². The van der Waals surface area contributed by atoms with E-state index in [1.165, 1.54) is 0 Å². The van der Waals surface area contributed by atoms with Gasteiger partial charge >= 0.3 is 5.97 Å².